The lowest BCUT2D eigenvalue weighted by molar-refractivity contribution is 0.102. The average molecular weight is 445 g/mol. The molecule has 3 aromatic rings. The van der Waals surface area contributed by atoms with Crippen LogP contribution < -0.4 is 14.9 Å². The number of hydrogen-bond donors (Lipinski definition) is 2. The zero-order chi connectivity index (χ0) is 21.3. The topological polar surface area (TPSA) is 91.4 Å². The predicted octanol–water partition coefficient (Wildman–Crippen LogP) is 3.84. The van der Waals surface area contributed by atoms with Crippen LogP contribution in [-0.4, -0.2) is 38.4 Å². The molecule has 1 aliphatic rings. The number of anilines is 2. The van der Waals surface area contributed by atoms with Crippen molar-refractivity contribution in [1.82, 2.24) is 9.71 Å². The maximum Gasteiger partial charge on any atom is 0.255 e. The Balaban J connectivity index is 1.48. The summed E-state index contributed by atoms with van der Waals surface area (Å²) in [5.41, 5.74) is 2.00. The highest BCUT2D eigenvalue weighted by molar-refractivity contribution is 7.89. The number of carbonyl (C=O) groups is 1. The Kier molecular flexibility index (Phi) is 5.77. The Morgan fingerprint density at radius 1 is 1.10 bits per heavy atom. The van der Waals surface area contributed by atoms with E-state index in [-0.39, 0.29) is 16.8 Å². The third-order valence-corrected chi connectivity index (χ3v) is 7.58. The fourth-order valence-corrected chi connectivity index (χ4v) is 5.71. The van der Waals surface area contributed by atoms with Crippen molar-refractivity contribution in [2.45, 2.75) is 37.6 Å². The van der Waals surface area contributed by atoms with Crippen LogP contribution >= 0.6 is 11.3 Å². The van der Waals surface area contributed by atoms with E-state index in [1.165, 1.54) is 37.1 Å². The summed E-state index contributed by atoms with van der Waals surface area (Å²) < 4.78 is 28.0. The molecular weight excluding hydrogens is 420 g/mol. The van der Waals surface area contributed by atoms with Crippen molar-refractivity contribution in [1.29, 1.82) is 0 Å². The third-order valence-electron chi connectivity index (χ3n) is 4.83. The van der Waals surface area contributed by atoms with Gasteiger partial charge in [0.25, 0.3) is 5.91 Å². The molecule has 30 heavy (non-hydrogen) atoms. The van der Waals surface area contributed by atoms with E-state index in [1.807, 2.05) is 18.2 Å². The second kappa shape index (κ2) is 8.33. The summed E-state index contributed by atoms with van der Waals surface area (Å²) in [6.07, 6.45) is 2.40. The van der Waals surface area contributed by atoms with Crippen LogP contribution in [0.4, 0.5) is 10.8 Å². The maximum absolute atomic E-state index is 12.6. The van der Waals surface area contributed by atoms with Crippen molar-refractivity contribution >= 4 is 48.3 Å². The first-order valence-electron chi connectivity index (χ1n) is 9.91. The van der Waals surface area contributed by atoms with Crippen LogP contribution in [0.5, 0.6) is 0 Å². The summed E-state index contributed by atoms with van der Waals surface area (Å²) >= 11 is 1.63. The van der Waals surface area contributed by atoms with Gasteiger partial charge < -0.3 is 10.2 Å². The van der Waals surface area contributed by atoms with Gasteiger partial charge in [0, 0.05) is 30.4 Å². The molecule has 1 aliphatic heterocycles. The first-order valence-corrected chi connectivity index (χ1v) is 12.2. The number of aromatic nitrogens is 1. The monoisotopic (exact) mass is 444 g/mol. The Hall–Kier alpha value is -2.49. The van der Waals surface area contributed by atoms with E-state index in [0.29, 0.717) is 11.3 Å². The van der Waals surface area contributed by atoms with Gasteiger partial charge in [-0.1, -0.05) is 11.3 Å². The second-order valence-electron chi connectivity index (χ2n) is 7.63. The Labute approximate surface area is 180 Å². The number of benzene rings is 2. The lowest BCUT2D eigenvalue weighted by Gasteiger charge is -2.11. The van der Waals surface area contributed by atoms with E-state index in [4.69, 9.17) is 4.98 Å². The van der Waals surface area contributed by atoms with Crippen LogP contribution in [0.3, 0.4) is 0 Å². The standard InChI is InChI=1S/C21H24N4O3S2/c1-14(2)24-30(27,28)17-8-5-15(6-9-17)20(26)22-16-7-10-18-19(13-16)29-21(23-18)25-11-3-4-12-25/h5-10,13-14,24H,3-4,11-12H2,1-2H3,(H,22,26). The van der Waals surface area contributed by atoms with Crippen LogP contribution in [0, 0.1) is 0 Å². The van der Waals surface area contributed by atoms with Gasteiger partial charge in [0.2, 0.25) is 10.0 Å². The fraction of sp³-hybridized carbons (Fsp3) is 0.333. The molecule has 7 nitrogen and oxygen atoms in total. The van der Waals surface area contributed by atoms with Crippen LogP contribution in [-0.2, 0) is 10.0 Å². The lowest BCUT2D eigenvalue weighted by Crippen LogP contribution is -2.30. The number of fused-ring (bicyclic) bond motifs is 1. The normalized spacial score (nSPS) is 14.6. The molecule has 158 valence electrons. The lowest BCUT2D eigenvalue weighted by atomic mass is 10.2. The van der Waals surface area contributed by atoms with Gasteiger partial charge in [0.05, 0.1) is 15.1 Å². The third kappa shape index (κ3) is 4.48. The average Bonchev–Trinajstić information content (AvgIpc) is 3.36. The molecule has 0 atom stereocenters. The fourth-order valence-electron chi connectivity index (χ4n) is 3.40. The molecule has 0 radical (unpaired) electrons. The van der Waals surface area contributed by atoms with E-state index in [1.54, 1.807) is 25.2 Å². The predicted molar refractivity (Wildman–Crippen MR) is 121 cm³/mol. The summed E-state index contributed by atoms with van der Waals surface area (Å²) in [4.78, 5) is 19.7. The summed E-state index contributed by atoms with van der Waals surface area (Å²) in [5, 5.41) is 3.91. The SMILES string of the molecule is CC(C)NS(=O)(=O)c1ccc(C(=O)Nc2ccc3nc(N4CCCC4)sc3c2)cc1. The molecule has 1 amide bonds. The largest absolute Gasteiger partial charge is 0.348 e. The first-order chi connectivity index (χ1) is 14.3. The maximum atomic E-state index is 12.6. The van der Waals surface area contributed by atoms with E-state index in [2.05, 4.69) is 14.9 Å². The molecule has 0 saturated carbocycles. The minimum atomic E-state index is -3.58. The summed E-state index contributed by atoms with van der Waals surface area (Å²) in [5.74, 6) is -0.292. The number of hydrogen-bond acceptors (Lipinski definition) is 6. The molecule has 4 rings (SSSR count). The number of rotatable bonds is 6. The number of amides is 1. The minimum absolute atomic E-state index is 0.133. The number of nitrogens with zero attached hydrogens (tertiary/aromatic N) is 2. The van der Waals surface area contributed by atoms with Crippen molar-refractivity contribution in [3.05, 3.63) is 48.0 Å². The Morgan fingerprint density at radius 3 is 2.47 bits per heavy atom. The van der Waals surface area contributed by atoms with Gasteiger partial charge >= 0.3 is 0 Å². The van der Waals surface area contributed by atoms with Crippen LogP contribution in [0.2, 0.25) is 0 Å². The highest BCUT2D eigenvalue weighted by Crippen LogP contribution is 2.32. The number of thiazole rings is 1. The second-order valence-corrected chi connectivity index (χ2v) is 10.4. The van der Waals surface area contributed by atoms with Gasteiger partial charge in [-0.05, 0) is 69.2 Å². The molecule has 0 bridgehead atoms. The van der Waals surface area contributed by atoms with Gasteiger partial charge in [-0.3, -0.25) is 4.79 Å². The zero-order valence-electron chi connectivity index (χ0n) is 16.9. The molecule has 1 aromatic heterocycles. The molecule has 1 fully saturated rings. The Morgan fingerprint density at radius 2 is 1.80 bits per heavy atom. The van der Waals surface area contributed by atoms with E-state index in [9.17, 15) is 13.2 Å². The summed E-state index contributed by atoms with van der Waals surface area (Å²) in [6.45, 7) is 5.60. The van der Waals surface area contributed by atoms with Crippen LogP contribution in [0.1, 0.15) is 37.0 Å². The molecule has 1 saturated heterocycles. The Bertz CT molecular complexity index is 1160. The van der Waals surface area contributed by atoms with Crippen molar-refractivity contribution in [3.63, 3.8) is 0 Å². The molecule has 2 heterocycles. The minimum Gasteiger partial charge on any atom is -0.348 e. The van der Waals surface area contributed by atoms with Gasteiger partial charge in [-0.25, -0.2) is 18.1 Å². The number of carbonyl (C=O) groups excluding carboxylic acids is 1. The molecule has 0 spiro atoms. The van der Waals surface area contributed by atoms with Crippen LogP contribution in [0.15, 0.2) is 47.4 Å². The molecule has 0 unspecified atom stereocenters. The molecule has 2 N–H and O–H groups in total. The van der Waals surface area contributed by atoms with E-state index < -0.39 is 10.0 Å². The molecule has 2 aromatic carbocycles. The van der Waals surface area contributed by atoms with Gasteiger partial charge in [0.1, 0.15) is 0 Å². The highest BCUT2D eigenvalue weighted by atomic mass is 32.2. The highest BCUT2D eigenvalue weighted by Gasteiger charge is 2.18. The summed E-state index contributed by atoms with van der Waals surface area (Å²) in [6, 6.07) is 11.4. The zero-order valence-corrected chi connectivity index (χ0v) is 18.5. The quantitative estimate of drug-likeness (QED) is 0.603. The smallest absolute Gasteiger partial charge is 0.255 e. The summed E-state index contributed by atoms with van der Waals surface area (Å²) in [7, 11) is -3.58. The van der Waals surface area contributed by atoms with Gasteiger partial charge in [-0.2, -0.15) is 0 Å². The van der Waals surface area contributed by atoms with E-state index >= 15 is 0 Å². The van der Waals surface area contributed by atoms with Gasteiger partial charge in [-0.15, -0.1) is 0 Å². The first kappa shape index (κ1) is 20.8. The molecule has 9 heteroatoms. The van der Waals surface area contributed by atoms with Crippen molar-refractivity contribution in [2.75, 3.05) is 23.3 Å². The molecule has 0 aliphatic carbocycles. The van der Waals surface area contributed by atoms with Crippen molar-refractivity contribution in [3.8, 4) is 0 Å². The molecular formula is C21H24N4O3S2. The van der Waals surface area contributed by atoms with Gasteiger partial charge in [0.15, 0.2) is 5.13 Å². The van der Waals surface area contributed by atoms with Crippen LogP contribution in [0.25, 0.3) is 10.2 Å². The van der Waals surface area contributed by atoms with E-state index in [0.717, 1.165) is 28.4 Å². The number of nitrogens with one attached hydrogen (secondary N) is 2. The van der Waals surface area contributed by atoms with Crippen molar-refractivity contribution < 1.29 is 13.2 Å². The van der Waals surface area contributed by atoms with Crippen molar-refractivity contribution in [2.24, 2.45) is 0 Å². The number of sulfonamides is 1.